The Balaban J connectivity index is 2.11. The molecule has 0 saturated heterocycles. The van der Waals surface area contributed by atoms with E-state index >= 15 is 0 Å². The van der Waals surface area contributed by atoms with E-state index in [0.29, 0.717) is 0 Å². The molecule has 20 heavy (non-hydrogen) atoms. The van der Waals surface area contributed by atoms with Gasteiger partial charge in [-0.3, -0.25) is 9.78 Å². The summed E-state index contributed by atoms with van der Waals surface area (Å²) in [5.74, 6) is -0.325. The summed E-state index contributed by atoms with van der Waals surface area (Å²) in [6.45, 7) is 1.52. The number of nitrogens with zero attached hydrogens (tertiary/aromatic N) is 1. The largest absolute Gasteiger partial charge is 0.352 e. The first kappa shape index (κ1) is 14.9. The first-order valence-corrected chi connectivity index (χ1v) is 7.89. The number of nitrogens with one attached hydrogen (secondary N) is 2. The van der Waals surface area contributed by atoms with Crippen LogP contribution in [0.15, 0.2) is 23.2 Å². The summed E-state index contributed by atoms with van der Waals surface area (Å²) in [6.07, 6.45) is 3.38. The minimum Gasteiger partial charge on any atom is -0.352 e. The monoisotopic (exact) mass is 298 g/mol. The molecule has 0 spiro atoms. The molecule has 4 N–H and O–H groups in total. The fourth-order valence-corrected chi connectivity index (χ4v) is 3.13. The highest BCUT2D eigenvalue weighted by molar-refractivity contribution is 7.89. The average Bonchev–Trinajstić information content (AvgIpc) is 3.22. The summed E-state index contributed by atoms with van der Waals surface area (Å²) >= 11 is 0. The van der Waals surface area contributed by atoms with Gasteiger partial charge in [0, 0.05) is 18.8 Å². The molecule has 110 valence electrons. The molecule has 7 nitrogen and oxygen atoms in total. The quantitative estimate of drug-likeness (QED) is 0.654. The molecular formula is C12H18N4O3S. The summed E-state index contributed by atoms with van der Waals surface area (Å²) in [4.78, 5) is 15.7. The topological polar surface area (TPSA) is 114 Å². The number of pyridine rings is 1. The van der Waals surface area contributed by atoms with Crippen LogP contribution in [0.1, 0.15) is 25.5 Å². The first-order chi connectivity index (χ1) is 9.44. The van der Waals surface area contributed by atoms with Crippen molar-refractivity contribution in [1.82, 2.24) is 15.0 Å². The minimum absolute atomic E-state index is 0.00794. The van der Waals surface area contributed by atoms with Crippen molar-refractivity contribution in [3.8, 4) is 0 Å². The standard InChI is InChI=1S/C12H18N4O3S/c1-8(12(17)15-9-4-5-9)16-20(18,19)11-3-2-6-14-10(11)7-13/h2-3,6,8-9,16H,4-5,7,13H2,1H3,(H,15,17). The maximum absolute atomic E-state index is 12.2. The molecule has 1 unspecified atom stereocenters. The Labute approximate surface area is 118 Å². The van der Waals surface area contributed by atoms with E-state index in [0.717, 1.165) is 12.8 Å². The van der Waals surface area contributed by atoms with Gasteiger partial charge in [0.1, 0.15) is 4.90 Å². The molecule has 0 bridgehead atoms. The van der Waals surface area contributed by atoms with Gasteiger partial charge in [-0.05, 0) is 31.9 Å². The van der Waals surface area contributed by atoms with E-state index in [1.165, 1.54) is 25.3 Å². The molecule has 2 rings (SSSR count). The van der Waals surface area contributed by atoms with Gasteiger partial charge in [-0.1, -0.05) is 0 Å². The van der Waals surface area contributed by atoms with E-state index in [-0.39, 0.29) is 29.1 Å². The second-order valence-electron chi connectivity index (χ2n) is 4.78. The van der Waals surface area contributed by atoms with Gasteiger partial charge in [0.25, 0.3) is 0 Å². The van der Waals surface area contributed by atoms with Crippen LogP contribution in [0.2, 0.25) is 0 Å². The van der Waals surface area contributed by atoms with Crippen molar-refractivity contribution >= 4 is 15.9 Å². The van der Waals surface area contributed by atoms with E-state index in [9.17, 15) is 13.2 Å². The molecule has 0 aromatic carbocycles. The lowest BCUT2D eigenvalue weighted by Crippen LogP contribution is -2.45. The Morgan fingerprint density at radius 1 is 1.55 bits per heavy atom. The summed E-state index contributed by atoms with van der Waals surface area (Å²) in [6, 6.07) is 2.28. The molecule has 0 aliphatic heterocycles. The van der Waals surface area contributed by atoms with Gasteiger partial charge in [-0.2, -0.15) is 4.72 Å². The summed E-state index contributed by atoms with van der Waals surface area (Å²) in [7, 11) is -3.82. The lowest BCUT2D eigenvalue weighted by molar-refractivity contribution is -0.122. The Kier molecular flexibility index (Phi) is 4.36. The Morgan fingerprint density at radius 3 is 2.85 bits per heavy atom. The van der Waals surface area contributed by atoms with Crippen LogP contribution in [0.4, 0.5) is 0 Å². The van der Waals surface area contributed by atoms with Crippen molar-refractivity contribution in [2.75, 3.05) is 0 Å². The second kappa shape index (κ2) is 5.86. The number of hydrogen-bond acceptors (Lipinski definition) is 5. The zero-order valence-electron chi connectivity index (χ0n) is 11.2. The van der Waals surface area contributed by atoms with Crippen LogP contribution in [-0.4, -0.2) is 31.4 Å². The van der Waals surface area contributed by atoms with E-state index in [1.807, 2.05) is 0 Å². The van der Waals surface area contributed by atoms with Gasteiger partial charge >= 0.3 is 0 Å². The molecule has 1 aliphatic rings. The van der Waals surface area contributed by atoms with Crippen molar-refractivity contribution in [1.29, 1.82) is 0 Å². The summed E-state index contributed by atoms with van der Waals surface area (Å²) in [5, 5.41) is 2.75. The minimum atomic E-state index is -3.82. The highest BCUT2D eigenvalue weighted by atomic mass is 32.2. The third-order valence-corrected chi connectivity index (χ3v) is 4.59. The van der Waals surface area contributed by atoms with E-state index in [4.69, 9.17) is 5.73 Å². The number of rotatable bonds is 6. The SMILES string of the molecule is CC(NS(=O)(=O)c1cccnc1CN)C(=O)NC1CC1. The molecule has 1 aromatic heterocycles. The molecule has 1 aliphatic carbocycles. The number of hydrogen-bond donors (Lipinski definition) is 3. The predicted octanol–water partition coefficient (Wildman–Crippen LogP) is -0.514. The Hall–Kier alpha value is -1.51. The van der Waals surface area contributed by atoms with Crippen LogP contribution in [0.5, 0.6) is 0 Å². The number of nitrogens with two attached hydrogens (primary N) is 1. The van der Waals surface area contributed by atoms with Crippen LogP contribution in [0.25, 0.3) is 0 Å². The normalized spacial score (nSPS) is 16.7. The number of aromatic nitrogens is 1. The lowest BCUT2D eigenvalue weighted by Gasteiger charge is -2.15. The fourth-order valence-electron chi connectivity index (χ4n) is 1.72. The maximum atomic E-state index is 12.2. The lowest BCUT2D eigenvalue weighted by atomic mass is 10.3. The highest BCUT2D eigenvalue weighted by Gasteiger charge is 2.28. The van der Waals surface area contributed by atoms with Crippen LogP contribution in [0, 0.1) is 0 Å². The van der Waals surface area contributed by atoms with Crippen LogP contribution in [-0.2, 0) is 21.4 Å². The van der Waals surface area contributed by atoms with Crippen molar-refractivity contribution in [3.05, 3.63) is 24.0 Å². The predicted molar refractivity (Wildman–Crippen MR) is 73.1 cm³/mol. The van der Waals surface area contributed by atoms with E-state index < -0.39 is 16.1 Å². The van der Waals surface area contributed by atoms with Gasteiger partial charge in [-0.25, -0.2) is 8.42 Å². The molecule has 1 saturated carbocycles. The molecule has 1 heterocycles. The third-order valence-electron chi connectivity index (χ3n) is 2.98. The molecule has 1 amide bonds. The molecule has 1 fully saturated rings. The van der Waals surface area contributed by atoms with E-state index in [1.54, 1.807) is 0 Å². The zero-order valence-corrected chi connectivity index (χ0v) is 12.0. The molecule has 0 radical (unpaired) electrons. The van der Waals surface area contributed by atoms with Gasteiger partial charge in [0.05, 0.1) is 11.7 Å². The average molecular weight is 298 g/mol. The van der Waals surface area contributed by atoms with E-state index in [2.05, 4.69) is 15.0 Å². The molecule has 1 atom stereocenters. The van der Waals surface area contributed by atoms with Gasteiger partial charge in [0.2, 0.25) is 15.9 Å². The highest BCUT2D eigenvalue weighted by Crippen LogP contribution is 2.19. The Bertz CT molecular complexity index is 598. The first-order valence-electron chi connectivity index (χ1n) is 6.40. The fraction of sp³-hybridized carbons (Fsp3) is 0.500. The van der Waals surface area contributed by atoms with Crippen molar-refractivity contribution < 1.29 is 13.2 Å². The summed E-state index contributed by atoms with van der Waals surface area (Å²) in [5.41, 5.74) is 5.75. The Morgan fingerprint density at radius 2 is 2.25 bits per heavy atom. The number of carbonyl (C=O) groups excluding carboxylic acids is 1. The van der Waals surface area contributed by atoms with Gasteiger partial charge < -0.3 is 11.1 Å². The number of sulfonamides is 1. The molecule has 8 heteroatoms. The van der Waals surface area contributed by atoms with Crippen LogP contribution >= 0.6 is 0 Å². The summed E-state index contributed by atoms with van der Waals surface area (Å²) < 4.78 is 26.8. The number of amides is 1. The third kappa shape index (κ3) is 3.53. The second-order valence-corrected chi connectivity index (χ2v) is 6.46. The van der Waals surface area contributed by atoms with Gasteiger partial charge in [-0.15, -0.1) is 0 Å². The molecular weight excluding hydrogens is 280 g/mol. The maximum Gasteiger partial charge on any atom is 0.243 e. The van der Waals surface area contributed by atoms with Crippen molar-refractivity contribution in [2.45, 2.75) is 43.3 Å². The van der Waals surface area contributed by atoms with Crippen LogP contribution in [0.3, 0.4) is 0 Å². The smallest absolute Gasteiger partial charge is 0.243 e. The number of carbonyl (C=O) groups is 1. The van der Waals surface area contributed by atoms with Crippen LogP contribution < -0.4 is 15.8 Å². The van der Waals surface area contributed by atoms with Gasteiger partial charge in [0.15, 0.2) is 0 Å². The zero-order chi connectivity index (χ0) is 14.8. The molecule has 1 aromatic rings. The van der Waals surface area contributed by atoms with Crippen molar-refractivity contribution in [3.63, 3.8) is 0 Å². The van der Waals surface area contributed by atoms with Crippen molar-refractivity contribution in [2.24, 2.45) is 5.73 Å².